The molecule has 0 fully saturated rings. The first-order chi connectivity index (χ1) is 3.63. The summed E-state index contributed by atoms with van der Waals surface area (Å²) in [6, 6.07) is 0. The topological polar surface area (TPSA) is 86.6 Å². The molecule has 0 spiro atoms. The van der Waals surface area contributed by atoms with Crippen LogP contribution >= 0.6 is 0 Å². The number of nitrogens with one attached hydrogen (secondary N) is 1. The minimum absolute atomic E-state index is 0. The van der Waals surface area contributed by atoms with Crippen LogP contribution in [0.4, 0.5) is 4.79 Å². The molecule has 48 valence electrons. The van der Waals surface area contributed by atoms with Crippen LogP contribution in [0.3, 0.4) is 0 Å². The van der Waals surface area contributed by atoms with E-state index in [1.165, 1.54) is 0 Å². The van der Waals surface area contributed by atoms with Crippen LogP contribution in [-0.2, 0) is 4.79 Å². The van der Waals surface area contributed by atoms with E-state index in [-0.39, 0.29) is 59.1 Å². The first-order valence-electron chi connectivity index (χ1n) is 1.81. The van der Waals surface area contributed by atoms with Crippen molar-refractivity contribution in [2.45, 2.75) is 0 Å². The summed E-state index contributed by atoms with van der Waals surface area (Å²) in [5.41, 5.74) is 0. The average molecular weight is 165 g/mol. The molecule has 0 aromatic carbocycles. The molecule has 3 N–H and O–H groups in total. The predicted octanol–water partition coefficient (Wildman–Crippen LogP) is -1.42. The average Bonchev–Trinajstić information content (AvgIpc) is 1.61. The minimum Gasteiger partial charge on any atom is -0.480 e. The van der Waals surface area contributed by atoms with Crippen molar-refractivity contribution in [3.63, 3.8) is 0 Å². The van der Waals surface area contributed by atoms with Gasteiger partial charge in [-0.3, -0.25) is 4.79 Å². The van der Waals surface area contributed by atoms with Crippen LogP contribution in [0.1, 0.15) is 0 Å². The molecule has 5 nitrogen and oxygen atoms in total. The maximum atomic E-state index is 9.58. The van der Waals surface area contributed by atoms with E-state index >= 15 is 0 Å². The first kappa shape index (κ1) is 17.0. The molecule has 10 heavy (non-hydrogen) atoms. The van der Waals surface area contributed by atoms with Crippen LogP contribution in [0.15, 0.2) is 0 Å². The molecule has 0 atom stereocenters. The van der Waals surface area contributed by atoms with Gasteiger partial charge in [0, 0.05) is 59.1 Å². The van der Waals surface area contributed by atoms with Crippen LogP contribution in [0.25, 0.3) is 0 Å². The van der Waals surface area contributed by atoms with Crippen molar-refractivity contribution in [3.05, 3.63) is 0 Å². The van der Waals surface area contributed by atoms with Crippen LogP contribution in [0.5, 0.6) is 0 Å². The SMILES string of the molecule is O=C(O)CNC(=O)O.[Na].[Na]. The van der Waals surface area contributed by atoms with E-state index in [0.717, 1.165) is 0 Å². The third-order valence-corrected chi connectivity index (χ3v) is 0.391. The second-order valence-corrected chi connectivity index (χ2v) is 1.05. The zero-order valence-corrected chi connectivity index (χ0v) is 9.92. The molecule has 0 aromatic heterocycles. The number of carbonyl (C=O) groups is 2. The Bertz CT molecular complexity index is 103. The summed E-state index contributed by atoms with van der Waals surface area (Å²) in [7, 11) is 0. The van der Waals surface area contributed by atoms with Gasteiger partial charge < -0.3 is 15.5 Å². The van der Waals surface area contributed by atoms with Crippen molar-refractivity contribution in [1.29, 1.82) is 0 Å². The molecule has 2 radical (unpaired) electrons. The Morgan fingerprint density at radius 3 is 1.70 bits per heavy atom. The molecular formula is C3H5NNa2O4. The number of carboxylic acid groups (broad SMARTS) is 2. The van der Waals surface area contributed by atoms with Crippen LogP contribution in [0, 0.1) is 0 Å². The number of amides is 1. The molecule has 0 aliphatic heterocycles. The number of hydrogen-bond donors (Lipinski definition) is 3. The quantitative estimate of drug-likeness (QED) is 0.438. The number of rotatable bonds is 2. The summed E-state index contributed by atoms with van der Waals surface area (Å²) in [6.07, 6.45) is -1.33. The number of carboxylic acids is 1. The Balaban J connectivity index is -0.000000245. The van der Waals surface area contributed by atoms with Gasteiger partial charge in [0.2, 0.25) is 0 Å². The predicted molar refractivity (Wildman–Crippen MR) is 35.2 cm³/mol. The van der Waals surface area contributed by atoms with E-state index in [0.29, 0.717) is 0 Å². The molecular weight excluding hydrogens is 160 g/mol. The van der Waals surface area contributed by atoms with Crippen molar-refractivity contribution in [1.82, 2.24) is 5.32 Å². The van der Waals surface area contributed by atoms with Gasteiger partial charge in [0.25, 0.3) is 0 Å². The maximum absolute atomic E-state index is 9.58. The van der Waals surface area contributed by atoms with Crippen molar-refractivity contribution in [2.75, 3.05) is 6.54 Å². The van der Waals surface area contributed by atoms with Gasteiger partial charge in [-0.1, -0.05) is 0 Å². The smallest absolute Gasteiger partial charge is 0.405 e. The molecule has 0 aliphatic carbocycles. The molecule has 0 aromatic rings. The van der Waals surface area contributed by atoms with E-state index in [4.69, 9.17) is 10.2 Å². The van der Waals surface area contributed by atoms with E-state index in [9.17, 15) is 9.59 Å². The summed E-state index contributed by atoms with van der Waals surface area (Å²) in [4.78, 5) is 19.1. The van der Waals surface area contributed by atoms with Crippen LogP contribution in [-0.4, -0.2) is 87.9 Å². The minimum atomic E-state index is -1.33. The first-order valence-corrected chi connectivity index (χ1v) is 1.81. The number of hydrogen-bond acceptors (Lipinski definition) is 2. The molecule has 0 rings (SSSR count). The second-order valence-electron chi connectivity index (χ2n) is 1.05. The van der Waals surface area contributed by atoms with Gasteiger partial charge in [-0.15, -0.1) is 0 Å². The summed E-state index contributed by atoms with van der Waals surface area (Å²) in [6.45, 7) is -0.546. The van der Waals surface area contributed by atoms with Crippen molar-refractivity contribution in [3.8, 4) is 0 Å². The fraction of sp³-hybridized carbons (Fsp3) is 0.333. The van der Waals surface area contributed by atoms with Gasteiger partial charge in [-0.25, -0.2) is 4.79 Å². The van der Waals surface area contributed by atoms with E-state index < -0.39 is 18.6 Å². The third-order valence-electron chi connectivity index (χ3n) is 0.391. The fourth-order valence-electron chi connectivity index (χ4n) is 0.151. The summed E-state index contributed by atoms with van der Waals surface area (Å²) in [5.74, 6) is -1.19. The summed E-state index contributed by atoms with van der Waals surface area (Å²) >= 11 is 0. The Hall–Kier alpha value is 0.740. The van der Waals surface area contributed by atoms with Crippen LogP contribution in [0.2, 0.25) is 0 Å². The van der Waals surface area contributed by atoms with Gasteiger partial charge in [0.05, 0.1) is 0 Å². The van der Waals surface area contributed by atoms with Gasteiger partial charge in [0.1, 0.15) is 6.54 Å². The fourth-order valence-corrected chi connectivity index (χ4v) is 0.151. The Kier molecular flexibility index (Phi) is 16.6. The van der Waals surface area contributed by atoms with Crippen molar-refractivity contribution < 1.29 is 19.8 Å². The molecule has 0 saturated carbocycles. The molecule has 1 amide bonds. The van der Waals surface area contributed by atoms with Gasteiger partial charge in [-0.05, 0) is 0 Å². The second kappa shape index (κ2) is 9.74. The van der Waals surface area contributed by atoms with E-state index in [2.05, 4.69) is 0 Å². The molecule has 0 unspecified atom stereocenters. The van der Waals surface area contributed by atoms with E-state index in [1.807, 2.05) is 0 Å². The molecule has 0 aliphatic rings. The normalized spacial score (nSPS) is 6.40. The van der Waals surface area contributed by atoms with Crippen molar-refractivity contribution in [2.24, 2.45) is 0 Å². The van der Waals surface area contributed by atoms with E-state index in [1.54, 1.807) is 5.32 Å². The maximum Gasteiger partial charge on any atom is 0.405 e. The Morgan fingerprint density at radius 2 is 1.60 bits per heavy atom. The van der Waals surface area contributed by atoms with Gasteiger partial charge in [0.15, 0.2) is 0 Å². The number of aliphatic carboxylic acids is 1. The zero-order valence-electron chi connectivity index (χ0n) is 5.92. The molecule has 0 bridgehead atoms. The summed E-state index contributed by atoms with van der Waals surface area (Å²) in [5, 5.41) is 17.3. The third kappa shape index (κ3) is 15.9. The monoisotopic (exact) mass is 165 g/mol. The van der Waals surface area contributed by atoms with Crippen LogP contribution < -0.4 is 5.32 Å². The standard InChI is InChI=1S/C3H5NO4.2Na/c5-2(6)1-4-3(7)8;;/h4H,1H2,(H,5,6)(H,7,8);;. The Labute approximate surface area is 102 Å². The summed E-state index contributed by atoms with van der Waals surface area (Å²) < 4.78 is 0. The largest absolute Gasteiger partial charge is 0.480 e. The Morgan fingerprint density at radius 1 is 1.20 bits per heavy atom. The molecule has 0 heterocycles. The van der Waals surface area contributed by atoms with Crippen molar-refractivity contribution >= 4 is 71.2 Å². The van der Waals surface area contributed by atoms with Gasteiger partial charge >= 0.3 is 12.1 Å². The van der Waals surface area contributed by atoms with Gasteiger partial charge in [-0.2, -0.15) is 0 Å². The molecule has 0 saturated heterocycles. The molecule has 7 heteroatoms. The zero-order chi connectivity index (χ0) is 6.57.